The van der Waals surface area contributed by atoms with E-state index in [4.69, 9.17) is 0 Å². The Hall–Kier alpha value is -0.570. The zero-order valence-electron chi connectivity index (χ0n) is 10.1. The monoisotopic (exact) mass is 222 g/mol. The highest BCUT2D eigenvalue weighted by molar-refractivity contribution is 5.83. The van der Waals surface area contributed by atoms with E-state index < -0.39 is 0 Å². The molecule has 1 aliphatic heterocycles. The van der Waals surface area contributed by atoms with Gasteiger partial charge in [-0.2, -0.15) is 0 Å². The molecule has 1 heterocycles. The van der Waals surface area contributed by atoms with Gasteiger partial charge in [-0.05, 0) is 51.0 Å². The number of fused-ring (bicyclic) bond motifs is 2. The number of hydrogen-bond acceptors (Lipinski definition) is 2. The fourth-order valence-electron chi connectivity index (χ4n) is 3.77. The smallest absolute Gasteiger partial charge is 0.227 e. The molecule has 2 N–H and O–H groups in total. The van der Waals surface area contributed by atoms with Crippen molar-refractivity contribution < 1.29 is 4.79 Å². The first-order chi connectivity index (χ1) is 7.67. The van der Waals surface area contributed by atoms with Gasteiger partial charge in [0.05, 0.1) is 5.41 Å². The first-order valence-corrected chi connectivity index (χ1v) is 6.69. The van der Waals surface area contributed by atoms with Gasteiger partial charge in [-0.3, -0.25) is 4.79 Å². The fraction of sp³-hybridized carbons (Fsp3) is 0.923. The molecule has 2 bridgehead atoms. The summed E-state index contributed by atoms with van der Waals surface area (Å²) in [6.45, 7) is 3.93. The Morgan fingerprint density at radius 2 is 2.25 bits per heavy atom. The summed E-state index contributed by atoms with van der Waals surface area (Å²) in [6.07, 6.45) is 6.32. The third kappa shape index (κ3) is 1.65. The molecule has 0 aromatic heterocycles. The van der Waals surface area contributed by atoms with Gasteiger partial charge in [-0.25, -0.2) is 0 Å². The van der Waals surface area contributed by atoms with Gasteiger partial charge in [-0.1, -0.05) is 6.42 Å². The Kier molecular flexibility index (Phi) is 2.46. The van der Waals surface area contributed by atoms with Gasteiger partial charge in [0.1, 0.15) is 0 Å². The molecular formula is C13H22N2O. The van der Waals surface area contributed by atoms with Gasteiger partial charge < -0.3 is 10.6 Å². The fourth-order valence-corrected chi connectivity index (χ4v) is 3.77. The predicted molar refractivity (Wildman–Crippen MR) is 63.0 cm³/mol. The van der Waals surface area contributed by atoms with Crippen LogP contribution in [0.25, 0.3) is 0 Å². The third-order valence-electron chi connectivity index (χ3n) is 4.97. The van der Waals surface area contributed by atoms with E-state index in [0.717, 1.165) is 31.3 Å². The number of nitrogens with one attached hydrogen (secondary N) is 2. The van der Waals surface area contributed by atoms with Crippen LogP contribution in [-0.2, 0) is 4.79 Å². The minimum Gasteiger partial charge on any atom is -0.353 e. The Bertz CT molecular complexity index is 296. The molecule has 2 saturated carbocycles. The van der Waals surface area contributed by atoms with Crippen molar-refractivity contribution in [2.24, 2.45) is 17.3 Å². The van der Waals surface area contributed by atoms with E-state index in [1.165, 1.54) is 25.7 Å². The first kappa shape index (κ1) is 10.6. The molecule has 0 spiro atoms. The van der Waals surface area contributed by atoms with Crippen molar-refractivity contribution in [3.8, 4) is 0 Å². The lowest BCUT2D eigenvalue weighted by Gasteiger charge is -2.28. The van der Waals surface area contributed by atoms with Gasteiger partial charge in [0, 0.05) is 12.6 Å². The summed E-state index contributed by atoms with van der Waals surface area (Å²) in [7, 11) is 0. The van der Waals surface area contributed by atoms with Gasteiger partial charge >= 0.3 is 0 Å². The summed E-state index contributed by atoms with van der Waals surface area (Å²) >= 11 is 0. The molecule has 90 valence electrons. The van der Waals surface area contributed by atoms with Crippen molar-refractivity contribution in [2.75, 3.05) is 13.1 Å². The van der Waals surface area contributed by atoms with E-state index in [2.05, 4.69) is 17.6 Å². The molecule has 3 nitrogen and oxygen atoms in total. The molecule has 0 aromatic rings. The normalized spacial score (nSPS) is 46.2. The number of carbonyl (C=O) groups is 1. The summed E-state index contributed by atoms with van der Waals surface area (Å²) in [4.78, 5) is 12.2. The molecule has 4 unspecified atom stereocenters. The number of hydrogen-bond donors (Lipinski definition) is 2. The lowest BCUT2D eigenvalue weighted by molar-refractivity contribution is -0.130. The summed E-state index contributed by atoms with van der Waals surface area (Å²) in [5.41, 5.74) is -0.151. The lowest BCUT2D eigenvalue weighted by Crippen LogP contribution is -2.47. The van der Waals surface area contributed by atoms with Crippen molar-refractivity contribution in [3.05, 3.63) is 0 Å². The molecular weight excluding hydrogens is 200 g/mol. The maximum atomic E-state index is 12.2. The molecule has 4 atom stereocenters. The van der Waals surface area contributed by atoms with Crippen molar-refractivity contribution >= 4 is 5.91 Å². The highest BCUT2D eigenvalue weighted by atomic mass is 16.2. The summed E-state index contributed by atoms with van der Waals surface area (Å²) in [6, 6.07) is 0.490. The Morgan fingerprint density at radius 1 is 1.38 bits per heavy atom. The maximum Gasteiger partial charge on any atom is 0.227 e. The Balaban J connectivity index is 1.60. The molecule has 0 aromatic carbocycles. The highest BCUT2D eigenvalue weighted by Gasteiger charge is 2.43. The average Bonchev–Trinajstić information content (AvgIpc) is 2.93. The van der Waals surface area contributed by atoms with Gasteiger partial charge in [0.15, 0.2) is 0 Å². The van der Waals surface area contributed by atoms with Crippen LogP contribution in [0.4, 0.5) is 0 Å². The lowest BCUT2D eigenvalue weighted by atomic mass is 9.87. The molecule has 1 amide bonds. The highest BCUT2D eigenvalue weighted by Crippen LogP contribution is 2.44. The van der Waals surface area contributed by atoms with Crippen LogP contribution in [0.1, 0.15) is 39.0 Å². The largest absolute Gasteiger partial charge is 0.353 e. The van der Waals surface area contributed by atoms with Gasteiger partial charge in [0.25, 0.3) is 0 Å². The van der Waals surface area contributed by atoms with Crippen LogP contribution in [0, 0.1) is 17.3 Å². The average molecular weight is 222 g/mol. The maximum absolute atomic E-state index is 12.2. The molecule has 3 rings (SSSR count). The van der Waals surface area contributed by atoms with Crippen molar-refractivity contribution in [1.29, 1.82) is 0 Å². The van der Waals surface area contributed by atoms with Crippen LogP contribution in [-0.4, -0.2) is 25.0 Å². The van der Waals surface area contributed by atoms with Crippen LogP contribution < -0.4 is 10.6 Å². The minimum absolute atomic E-state index is 0.151. The van der Waals surface area contributed by atoms with Gasteiger partial charge in [-0.15, -0.1) is 0 Å². The zero-order valence-corrected chi connectivity index (χ0v) is 10.1. The number of rotatable bonds is 2. The zero-order chi connectivity index (χ0) is 11.2. The van der Waals surface area contributed by atoms with E-state index in [-0.39, 0.29) is 11.3 Å². The first-order valence-electron chi connectivity index (χ1n) is 6.69. The van der Waals surface area contributed by atoms with Gasteiger partial charge in [0.2, 0.25) is 5.91 Å². The van der Waals surface area contributed by atoms with E-state index in [0.29, 0.717) is 6.04 Å². The quantitative estimate of drug-likeness (QED) is 0.739. The second-order valence-corrected chi connectivity index (χ2v) is 6.24. The molecule has 1 saturated heterocycles. The molecule has 16 heavy (non-hydrogen) atoms. The van der Waals surface area contributed by atoms with Crippen LogP contribution in [0.2, 0.25) is 0 Å². The van der Waals surface area contributed by atoms with E-state index in [1.807, 2.05) is 0 Å². The summed E-state index contributed by atoms with van der Waals surface area (Å²) in [5.74, 6) is 1.98. The van der Waals surface area contributed by atoms with Crippen molar-refractivity contribution in [2.45, 2.75) is 45.1 Å². The van der Waals surface area contributed by atoms with Crippen molar-refractivity contribution in [1.82, 2.24) is 10.6 Å². The molecule has 3 aliphatic rings. The SMILES string of the molecule is CC1(C(=O)NC2CC3CCC2C3)CCNC1. The number of amides is 1. The van der Waals surface area contributed by atoms with Crippen LogP contribution in [0.5, 0.6) is 0 Å². The van der Waals surface area contributed by atoms with Crippen LogP contribution >= 0.6 is 0 Å². The predicted octanol–water partition coefficient (Wildman–Crippen LogP) is 1.29. The Morgan fingerprint density at radius 3 is 2.81 bits per heavy atom. The molecule has 2 aliphatic carbocycles. The van der Waals surface area contributed by atoms with E-state index in [1.54, 1.807) is 0 Å². The molecule has 3 heteroatoms. The second-order valence-electron chi connectivity index (χ2n) is 6.24. The topological polar surface area (TPSA) is 41.1 Å². The van der Waals surface area contributed by atoms with Crippen LogP contribution in [0.15, 0.2) is 0 Å². The summed E-state index contributed by atoms with van der Waals surface area (Å²) in [5, 5.41) is 6.61. The Labute approximate surface area is 97.4 Å². The third-order valence-corrected chi connectivity index (χ3v) is 4.97. The van der Waals surface area contributed by atoms with Crippen LogP contribution in [0.3, 0.4) is 0 Å². The molecule has 3 fully saturated rings. The van der Waals surface area contributed by atoms with Crippen molar-refractivity contribution in [3.63, 3.8) is 0 Å². The van der Waals surface area contributed by atoms with E-state index in [9.17, 15) is 4.79 Å². The standard InChI is InChI=1S/C13H22N2O/c1-13(4-5-14-8-13)12(16)15-11-7-9-2-3-10(11)6-9/h9-11,14H,2-8H2,1H3,(H,15,16). The number of carbonyl (C=O) groups excluding carboxylic acids is 1. The second kappa shape index (κ2) is 3.73. The minimum atomic E-state index is -0.151. The van der Waals surface area contributed by atoms with E-state index >= 15 is 0 Å². The molecule has 0 radical (unpaired) electrons. The summed E-state index contributed by atoms with van der Waals surface area (Å²) < 4.78 is 0.